The molecule has 0 saturated carbocycles. The number of anilines is 2. The number of fused-ring (bicyclic) bond motifs is 10. The highest BCUT2D eigenvalue weighted by Gasteiger charge is 2.25. The van der Waals surface area contributed by atoms with Gasteiger partial charge in [0, 0.05) is 147 Å². The van der Waals surface area contributed by atoms with Crippen LogP contribution < -0.4 is 21.5 Å². The number of methoxy groups -OCH3 is 1. The van der Waals surface area contributed by atoms with Crippen LogP contribution in [0, 0.1) is 69.2 Å². The first-order valence-electron chi connectivity index (χ1n) is 45.0. The van der Waals surface area contributed by atoms with Crippen molar-refractivity contribution in [2.24, 2.45) is 0 Å². The predicted molar refractivity (Wildman–Crippen MR) is 526 cm³/mol. The fourth-order valence-corrected chi connectivity index (χ4v) is 18.0. The average Bonchev–Trinajstić information content (AvgIpc) is 0.815. The molecule has 2 amide bonds. The Labute approximate surface area is 756 Å². The van der Waals surface area contributed by atoms with Crippen LogP contribution in [0.2, 0.25) is 0 Å². The molecule has 2 aromatic heterocycles. The van der Waals surface area contributed by atoms with E-state index in [4.69, 9.17) is 10.5 Å². The number of H-pyrrole nitrogens is 1. The van der Waals surface area contributed by atoms with Gasteiger partial charge in [0.15, 0.2) is 0 Å². The molecule has 0 fully saturated rings. The number of likely N-dealkylation sites (N-methyl/N-ethyl adjacent to an activating group) is 4. The molecule has 0 saturated heterocycles. The monoisotopic (exact) mass is 1730 g/mol. The highest BCUT2D eigenvalue weighted by atomic mass is 32.2. The molecule has 0 atom stereocenters. The average molecular weight is 1730 g/mol. The number of aromatic nitrogens is 3. The molecule has 0 bridgehead atoms. The summed E-state index contributed by atoms with van der Waals surface area (Å²) in [6, 6.07) is 65.8. The summed E-state index contributed by atoms with van der Waals surface area (Å²) in [6.45, 7) is 36.1. The number of hydrogen-bond donors (Lipinski definition) is 3. The first kappa shape index (κ1) is 96.6. The van der Waals surface area contributed by atoms with Crippen LogP contribution in [0.15, 0.2) is 205 Å². The molecular weight excluding hydrogens is 1590 g/mol. The number of nitrogens with two attached hydrogens (primary N) is 1. The van der Waals surface area contributed by atoms with Crippen molar-refractivity contribution in [3.8, 4) is 0 Å². The van der Waals surface area contributed by atoms with E-state index < -0.39 is 10.0 Å². The van der Waals surface area contributed by atoms with Crippen molar-refractivity contribution in [2.45, 2.75) is 160 Å². The van der Waals surface area contributed by atoms with E-state index in [1.165, 1.54) is 193 Å². The van der Waals surface area contributed by atoms with Crippen LogP contribution in [0.25, 0.3) is 21.7 Å². The Morgan fingerprint density at radius 1 is 0.425 bits per heavy atom. The molecule has 670 valence electrons. The highest BCUT2D eigenvalue weighted by Crippen LogP contribution is 2.29. The van der Waals surface area contributed by atoms with Gasteiger partial charge in [-0.2, -0.15) is 4.31 Å². The van der Waals surface area contributed by atoms with Crippen molar-refractivity contribution < 1.29 is 22.7 Å². The maximum absolute atomic E-state index is 11.7. The van der Waals surface area contributed by atoms with Gasteiger partial charge in [-0.25, -0.2) is 13.4 Å². The van der Waals surface area contributed by atoms with Crippen LogP contribution in [0.4, 0.5) is 11.6 Å². The second-order valence-electron chi connectivity index (χ2n) is 35.8. The third-order valence-electron chi connectivity index (χ3n) is 24.7. The normalized spacial score (nSPS) is 15.5. The predicted octanol–water partition coefficient (Wildman–Crippen LogP) is 17.9. The maximum Gasteiger partial charge on any atom is 0.260 e. The van der Waals surface area contributed by atoms with Gasteiger partial charge in [-0.3, -0.25) is 29.3 Å². The van der Waals surface area contributed by atoms with Gasteiger partial charge >= 0.3 is 0 Å². The molecule has 0 unspecified atom stereocenters. The Kier molecular flexibility index (Phi) is 35.1. The number of carbonyl (C=O) groups is 2. The maximum atomic E-state index is 11.7. The lowest BCUT2D eigenvalue weighted by molar-refractivity contribution is 0.0780. The molecule has 4 N–H and O–H groups in total. The zero-order valence-electron chi connectivity index (χ0n) is 78.5. The number of ether oxygens (including phenoxy) is 1. The van der Waals surface area contributed by atoms with Crippen LogP contribution in [0.3, 0.4) is 0 Å². The van der Waals surface area contributed by atoms with Gasteiger partial charge in [0.25, 0.3) is 17.4 Å². The van der Waals surface area contributed by atoms with E-state index in [9.17, 15) is 22.8 Å². The number of nitrogens with one attached hydrogen (secondary N) is 2. The van der Waals surface area contributed by atoms with Crippen LogP contribution in [-0.2, 0) is 98.9 Å². The number of sulfonamides is 1. The summed E-state index contributed by atoms with van der Waals surface area (Å²) in [6.07, 6.45) is 15.1. The molecule has 0 aliphatic carbocycles. The van der Waals surface area contributed by atoms with Crippen molar-refractivity contribution in [1.29, 1.82) is 0 Å². The first-order valence-corrected chi connectivity index (χ1v) is 46.9. The van der Waals surface area contributed by atoms with Gasteiger partial charge < -0.3 is 40.3 Å². The molecule has 18 nitrogen and oxygen atoms in total. The van der Waals surface area contributed by atoms with Gasteiger partial charge in [0.2, 0.25) is 16.0 Å². The minimum Gasteiger partial charge on any atom is -0.383 e. The summed E-state index contributed by atoms with van der Waals surface area (Å²) in [7, 11) is 9.31. The van der Waals surface area contributed by atoms with Gasteiger partial charge in [0.05, 0.1) is 23.8 Å². The standard InChI is InChI=1S/C13H19NO.C11H15NO2S.C11H13NO.4C11H15N.C10H11NO.C10H9N.C9H9N3O/c1-11-3-4-13-10-14(7-8-15-2)6-5-12(13)9-11;1-9-3-4-11-8-12(15(2,13)14)6-5-10(11)7-9;1-8-3-4-10-9(7-8)5-6-12(2)11(10)13;1-9-3-4-11-8-12(2)6-5-10(11)7-9;1-9-3-4-10-5-6-12(2)8-11(10)7-9;1-9-5-6-10-4-3-7-12(2)11(10)8-9;1-9-4-3-5-10-6-7-12(2)8-11(9)10;1-7-2-3-9-8(6-7)4-5-11-10(9)12;1-8-2-3-10-7-11-5-4-9(10)6-8;1-5-2-3-6-7(4-5)11-9(10)12-8(6)13/h3-4,9H,5-8,10H2,1-2H3;3-4,7H,5-6,8H2,1-2H3;3-4,7H,5-6H2,1-2H3;2*3-4,7H,5-6,8H2,1-2H3;5-6,8H,3-4,7H2,1-2H3;3-5H,6-8H2,1-2H3;2-3,6H,4-5H2,1H3,(H,11,12);2-7H,1H3;2-4H,1H3,(H3,10,11,12,13). The van der Waals surface area contributed by atoms with Crippen LogP contribution >= 0.6 is 0 Å². The zero-order chi connectivity index (χ0) is 91.0. The first-order chi connectivity index (χ1) is 60.8. The van der Waals surface area contributed by atoms with Crippen molar-refractivity contribution in [2.75, 3.05) is 125 Å². The number of benzene rings is 10. The van der Waals surface area contributed by atoms with Gasteiger partial charge in [-0.1, -0.05) is 191 Å². The Hall–Kier alpha value is -11.0. The summed E-state index contributed by atoms with van der Waals surface area (Å²) in [5, 5.41) is 5.86. The van der Waals surface area contributed by atoms with Crippen LogP contribution in [-0.4, -0.2) is 178 Å². The summed E-state index contributed by atoms with van der Waals surface area (Å²) in [5.41, 5.74) is 40.5. The summed E-state index contributed by atoms with van der Waals surface area (Å²) >= 11 is 0. The molecule has 8 aliphatic heterocycles. The van der Waals surface area contributed by atoms with Gasteiger partial charge in [-0.15, -0.1) is 0 Å². The van der Waals surface area contributed by atoms with Crippen molar-refractivity contribution in [1.82, 2.24) is 49.1 Å². The number of hydrogen-bond acceptors (Lipinski definition) is 14. The lowest BCUT2D eigenvalue weighted by Gasteiger charge is -2.28. The number of amides is 2. The number of nitrogen functional groups attached to an aromatic ring is 1. The van der Waals surface area contributed by atoms with Crippen LogP contribution in [0.5, 0.6) is 0 Å². The minimum absolute atomic E-state index is 0.0660. The second-order valence-corrected chi connectivity index (χ2v) is 37.8. The van der Waals surface area contributed by atoms with Crippen molar-refractivity contribution in [3.63, 3.8) is 0 Å². The number of aromatic amines is 1. The molecule has 19 heteroatoms. The molecule has 8 aliphatic rings. The number of aryl methyl sites for hydroxylation is 11. The molecule has 10 aromatic carbocycles. The van der Waals surface area contributed by atoms with Gasteiger partial charge in [0.1, 0.15) is 0 Å². The smallest absolute Gasteiger partial charge is 0.260 e. The lowest BCUT2D eigenvalue weighted by atomic mass is 9.96. The summed E-state index contributed by atoms with van der Waals surface area (Å²) < 4.78 is 29.4. The third kappa shape index (κ3) is 28.5. The molecule has 20 rings (SSSR count). The third-order valence-corrected chi connectivity index (χ3v) is 26.0. The fourth-order valence-electron chi connectivity index (χ4n) is 17.3. The lowest BCUT2D eigenvalue weighted by Crippen LogP contribution is -2.35. The molecule has 10 heterocycles. The van der Waals surface area contributed by atoms with E-state index in [0.29, 0.717) is 24.0 Å². The van der Waals surface area contributed by atoms with E-state index in [1.54, 1.807) is 40.3 Å². The SMILES string of the molecule is COCCN1CCc2cc(C)ccc2C1.Cc1ccc2c(=O)[nH]c(N)nc2c1.Cc1ccc2c(c1)CCN(C)C2.Cc1ccc2c(c1)CCN(C)C2=O.Cc1ccc2c(c1)CCN(S(C)(=O)=O)C2.Cc1ccc2c(c1)CCNC2=O.Cc1ccc2c(c1)CN(C)CC2.Cc1ccc2c(c1)N(C)CCC2.Cc1ccc2cnccc2c1.Cc1cccc2c1CN(C)CC2. The highest BCUT2D eigenvalue weighted by molar-refractivity contribution is 7.88. The second kappa shape index (κ2) is 46.1. The van der Waals surface area contributed by atoms with E-state index in [0.717, 1.165) is 93.9 Å². The van der Waals surface area contributed by atoms with Crippen molar-refractivity contribution >= 4 is 55.1 Å². The topological polar surface area (TPSA) is 197 Å². The minimum atomic E-state index is -3.05. The number of pyridine rings is 1. The fraction of sp³-hybridized carbons (Fsp3) is 0.380. The van der Waals surface area contributed by atoms with E-state index in [-0.39, 0.29) is 23.3 Å². The summed E-state index contributed by atoms with van der Waals surface area (Å²) in [4.78, 5) is 58.5. The molecule has 12 aromatic rings. The zero-order valence-corrected chi connectivity index (χ0v) is 79.3. The van der Waals surface area contributed by atoms with Crippen LogP contribution in [0.1, 0.15) is 155 Å². The van der Waals surface area contributed by atoms with E-state index in [2.05, 4.69) is 256 Å². The number of nitrogens with zero attached hydrogens (tertiary/aromatic N) is 9. The Morgan fingerprint density at radius 2 is 0.921 bits per heavy atom. The van der Waals surface area contributed by atoms with E-state index >= 15 is 0 Å². The molecule has 0 radical (unpaired) electrons. The Morgan fingerprint density at radius 3 is 1.57 bits per heavy atom. The van der Waals surface area contributed by atoms with Gasteiger partial charge in [-0.05, 0) is 279 Å². The number of rotatable bonds is 4. The molecule has 127 heavy (non-hydrogen) atoms. The molecular formula is C108H136N12O6S. The Bertz CT molecular complexity index is 5940. The molecule has 0 spiro atoms. The summed E-state index contributed by atoms with van der Waals surface area (Å²) in [5.74, 6) is 0.376. The Balaban J connectivity index is 0.000000137. The van der Waals surface area contributed by atoms with E-state index in [1.807, 2.05) is 87.9 Å². The van der Waals surface area contributed by atoms with Crippen molar-refractivity contribution in [3.05, 3.63) is 350 Å². The largest absolute Gasteiger partial charge is 0.383 e. The number of carbonyl (C=O) groups excluding carboxylic acids is 2. The quantitative estimate of drug-likeness (QED) is 0.150.